The van der Waals surface area contributed by atoms with Gasteiger partial charge >= 0.3 is 0 Å². The van der Waals surface area contributed by atoms with Crippen LogP contribution in [-0.4, -0.2) is 76.4 Å². The first-order chi connectivity index (χ1) is 11.2. The number of carbonyl (C=O) groups excluding carboxylic acids is 1. The minimum atomic E-state index is 0.0723. The summed E-state index contributed by atoms with van der Waals surface area (Å²) in [6.45, 7) is 4.24. The monoisotopic (exact) mass is 320 g/mol. The fraction of sp³-hybridized carbons (Fsp3) is 0.750. The second-order valence-electron chi connectivity index (χ2n) is 6.69. The number of amides is 1. The number of ether oxygens (including phenoxy) is 2. The zero-order valence-corrected chi connectivity index (χ0v) is 13.6. The Morgan fingerprint density at radius 3 is 2.87 bits per heavy atom. The molecule has 1 amide bonds. The molecule has 0 bridgehead atoms. The van der Waals surface area contributed by atoms with E-state index < -0.39 is 0 Å². The van der Waals surface area contributed by atoms with Gasteiger partial charge in [-0.3, -0.25) is 9.69 Å². The van der Waals surface area contributed by atoms with E-state index in [2.05, 4.69) is 9.88 Å². The van der Waals surface area contributed by atoms with Gasteiger partial charge in [-0.15, -0.1) is 0 Å². The third-order valence-electron chi connectivity index (χ3n) is 5.35. The lowest BCUT2D eigenvalue weighted by molar-refractivity contribution is -0.154. The lowest BCUT2D eigenvalue weighted by atomic mass is 10.1. The summed E-state index contributed by atoms with van der Waals surface area (Å²) in [7, 11) is 1.97. The van der Waals surface area contributed by atoms with Crippen LogP contribution in [0.15, 0.2) is 12.4 Å². The standard InChI is InChI=1S/C16H24N4O3/c1-18-5-4-17-15(18)10-20-13-8-19(12-2-6-22-7-3-12)9-14(13)23-11-16(20)21/h4-5,12-14H,2-3,6-11H2,1H3. The first-order valence-corrected chi connectivity index (χ1v) is 8.41. The minimum absolute atomic E-state index is 0.0723. The number of carbonyl (C=O) groups is 1. The lowest BCUT2D eigenvalue weighted by Crippen LogP contribution is -2.53. The number of likely N-dealkylation sites (tertiary alicyclic amines) is 1. The van der Waals surface area contributed by atoms with E-state index in [4.69, 9.17) is 9.47 Å². The molecule has 0 spiro atoms. The fourth-order valence-corrected chi connectivity index (χ4v) is 3.95. The molecule has 3 saturated heterocycles. The Morgan fingerprint density at radius 2 is 2.13 bits per heavy atom. The molecular formula is C16H24N4O3. The maximum absolute atomic E-state index is 12.4. The van der Waals surface area contributed by atoms with Crippen LogP contribution in [0.25, 0.3) is 0 Å². The number of aromatic nitrogens is 2. The molecule has 4 rings (SSSR count). The first-order valence-electron chi connectivity index (χ1n) is 8.41. The Bertz CT molecular complexity index is 569. The van der Waals surface area contributed by atoms with Gasteiger partial charge in [-0.05, 0) is 12.8 Å². The van der Waals surface area contributed by atoms with E-state index in [1.165, 1.54) is 0 Å². The minimum Gasteiger partial charge on any atom is -0.381 e. The van der Waals surface area contributed by atoms with Crippen molar-refractivity contribution in [2.75, 3.05) is 32.9 Å². The highest BCUT2D eigenvalue weighted by atomic mass is 16.5. The lowest BCUT2D eigenvalue weighted by Gasteiger charge is -2.36. The number of morpholine rings is 1. The van der Waals surface area contributed by atoms with Crippen molar-refractivity contribution in [1.29, 1.82) is 0 Å². The van der Waals surface area contributed by atoms with Crippen LogP contribution >= 0.6 is 0 Å². The second-order valence-corrected chi connectivity index (χ2v) is 6.69. The smallest absolute Gasteiger partial charge is 0.249 e. The molecule has 7 heteroatoms. The molecule has 0 N–H and O–H groups in total. The van der Waals surface area contributed by atoms with Crippen LogP contribution in [0.4, 0.5) is 0 Å². The van der Waals surface area contributed by atoms with E-state index in [0.717, 1.165) is 45.0 Å². The molecule has 126 valence electrons. The summed E-state index contributed by atoms with van der Waals surface area (Å²) in [6.07, 6.45) is 5.97. The highest BCUT2D eigenvalue weighted by molar-refractivity contribution is 5.78. The largest absolute Gasteiger partial charge is 0.381 e. The molecule has 3 fully saturated rings. The summed E-state index contributed by atoms with van der Waals surface area (Å²) in [5.41, 5.74) is 0. The predicted octanol–water partition coefficient (Wildman–Crippen LogP) is 0.0107. The third-order valence-corrected chi connectivity index (χ3v) is 5.35. The molecule has 0 aromatic carbocycles. The number of nitrogens with zero attached hydrogens (tertiary/aromatic N) is 4. The zero-order valence-electron chi connectivity index (χ0n) is 13.6. The average molecular weight is 320 g/mol. The van der Waals surface area contributed by atoms with Crippen LogP contribution < -0.4 is 0 Å². The van der Waals surface area contributed by atoms with Crippen LogP contribution in [-0.2, 0) is 27.9 Å². The van der Waals surface area contributed by atoms with Crippen molar-refractivity contribution in [3.63, 3.8) is 0 Å². The quantitative estimate of drug-likeness (QED) is 0.785. The van der Waals surface area contributed by atoms with Gasteiger partial charge in [-0.1, -0.05) is 0 Å². The van der Waals surface area contributed by atoms with Gasteiger partial charge in [0.1, 0.15) is 12.4 Å². The Labute approximate surface area is 136 Å². The van der Waals surface area contributed by atoms with Crippen molar-refractivity contribution in [1.82, 2.24) is 19.4 Å². The predicted molar refractivity (Wildman–Crippen MR) is 82.7 cm³/mol. The zero-order chi connectivity index (χ0) is 15.8. The van der Waals surface area contributed by atoms with Crippen molar-refractivity contribution in [2.24, 2.45) is 7.05 Å². The van der Waals surface area contributed by atoms with Crippen molar-refractivity contribution in [3.8, 4) is 0 Å². The van der Waals surface area contributed by atoms with Crippen molar-refractivity contribution >= 4 is 5.91 Å². The number of imidazole rings is 1. The summed E-state index contributed by atoms with van der Waals surface area (Å²) in [5, 5.41) is 0. The van der Waals surface area contributed by atoms with Gasteiger partial charge in [0.2, 0.25) is 5.91 Å². The summed E-state index contributed by atoms with van der Waals surface area (Å²) >= 11 is 0. The van der Waals surface area contributed by atoms with Gasteiger partial charge in [0.05, 0.1) is 18.7 Å². The number of fused-ring (bicyclic) bond motifs is 1. The Hall–Kier alpha value is -1.44. The number of aryl methyl sites for hydroxylation is 1. The van der Waals surface area contributed by atoms with E-state index in [9.17, 15) is 4.79 Å². The van der Waals surface area contributed by atoms with Crippen molar-refractivity contribution < 1.29 is 14.3 Å². The summed E-state index contributed by atoms with van der Waals surface area (Å²) in [6, 6.07) is 0.693. The van der Waals surface area contributed by atoms with Crippen LogP contribution in [0.3, 0.4) is 0 Å². The molecular weight excluding hydrogens is 296 g/mol. The Balaban J connectivity index is 1.48. The molecule has 2 unspecified atom stereocenters. The molecule has 3 aliphatic rings. The molecule has 0 saturated carbocycles. The normalized spacial score (nSPS) is 30.0. The van der Waals surface area contributed by atoms with E-state index in [1.54, 1.807) is 6.20 Å². The molecule has 2 atom stereocenters. The Kier molecular flexibility index (Phi) is 4.09. The molecule has 3 aliphatic heterocycles. The van der Waals surface area contributed by atoms with E-state index in [-0.39, 0.29) is 24.7 Å². The van der Waals surface area contributed by atoms with Crippen molar-refractivity contribution in [2.45, 2.75) is 37.6 Å². The van der Waals surface area contributed by atoms with E-state index in [1.807, 2.05) is 22.7 Å². The first kappa shape index (κ1) is 15.1. The molecule has 1 aromatic rings. The molecule has 0 aliphatic carbocycles. The number of hydrogen-bond acceptors (Lipinski definition) is 5. The van der Waals surface area contributed by atoms with Gasteiger partial charge < -0.3 is 18.9 Å². The van der Waals surface area contributed by atoms with Crippen LogP contribution in [0, 0.1) is 0 Å². The SMILES string of the molecule is Cn1ccnc1CN1C(=O)COC2CN(C3CCOCC3)CC21. The Morgan fingerprint density at radius 1 is 1.30 bits per heavy atom. The van der Waals surface area contributed by atoms with Gasteiger partial charge in [-0.2, -0.15) is 0 Å². The molecule has 4 heterocycles. The number of rotatable bonds is 3. The molecule has 1 aromatic heterocycles. The van der Waals surface area contributed by atoms with Crippen LogP contribution in [0.1, 0.15) is 18.7 Å². The third kappa shape index (κ3) is 2.88. The molecule has 7 nitrogen and oxygen atoms in total. The van der Waals surface area contributed by atoms with Crippen molar-refractivity contribution in [3.05, 3.63) is 18.2 Å². The highest BCUT2D eigenvalue weighted by Crippen LogP contribution is 2.28. The fourth-order valence-electron chi connectivity index (χ4n) is 3.95. The maximum atomic E-state index is 12.4. The average Bonchev–Trinajstić information content (AvgIpc) is 3.17. The van der Waals surface area contributed by atoms with Gasteiger partial charge in [-0.25, -0.2) is 4.98 Å². The highest BCUT2D eigenvalue weighted by Gasteiger charge is 2.45. The summed E-state index contributed by atoms with van der Waals surface area (Å²) in [4.78, 5) is 21.2. The van der Waals surface area contributed by atoms with Crippen LogP contribution in [0.2, 0.25) is 0 Å². The van der Waals surface area contributed by atoms with Gasteiger partial charge in [0, 0.05) is 51.8 Å². The molecule has 0 radical (unpaired) electrons. The second kappa shape index (κ2) is 6.22. The van der Waals surface area contributed by atoms with Gasteiger partial charge in [0.25, 0.3) is 0 Å². The summed E-state index contributed by atoms with van der Waals surface area (Å²) in [5.74, 6) is 0.992. The van der Waals surface area contributed by atoms with E-state index in [0.29, 0.717) is 12.6 Å². The number of hydrogen-bond donors (Lipinski definition) is 0. The maximum Gasteiger partial charge on any atom is 0.249 e. The molecule has 23 heavy (non-hydrogen) atoms. The topological polar surface area (TPSA) is 59.8 Å². The van der Waals surface area contributed by atoms with Crippen LogP contribution in [0.5, 0.6) is 0 Å². The van der Waals surface area contributed by atoms with Gasteiger partial charge in [0.15, 0.2) is 0 Å². The van der Waals surface area contributed by atoms with E-state index >= 15 is 0 Å². The summed E-state index contributed by atoms with van der Waals surface area (Å²) < 4.78 is 13.3.